The molecule has 0 heterocycles. The summed E-state index contributed by atoms with van der Waals surface area (Å²) in [6, 6.07) is 14.7. The Morgan fingerprint density at radius 3 is 2.30 bits per heavy atom. The molecule has 20 heavy (non-hydrogen) atoms. The van der Waals surface area contributed by atoms with Gasteiger partial charge < -0.3 is 10.2 Å². The average Bonchev–Trinajstić information content (AvgIpc) is 2.47. The second-order valence-electron chi connectivity index (χ2n) is 4.49. The summed E-state index contributed by atoms with van der Waals surface area (Å²) in [7, 11) is 0. The van der Waals surface area contributed by atoms with Gasteiger partial charge in [-0.3, -0.25) is 0 Å². The van der Waals surface area contributed by atoms with Crippen molar-refractivity contribution in [2.45, 2.75) is 6.92 Å². The van der Waals surface area contributed by atoms with E-state index in [1.54, 1.807) is 0 Å². The van der Waals surface area contributed by atoms with Crippen molar-refractivity contribution in [2.75, 3.05) is 29.9 Å². The van der Waals surface area contributed by atoms with Gasteiger partial charge in [-0.05, 0) is 55.5 Å². The predicted octanol–water partition coefficient (Wildman–Crippen LogP) is 4.53. The number of likely N-dealkylation sites (N-methyl/N-ethyl adjacent to an activating group) is 1. The van der Waals surface area contributed by atoms with Crippen molar-refractivity contribution in [2.24, 2.45) is 0 Å². The largest absolute Gasteiger partial charge is 0.383 e. The monoisotopic (exact) mass is 336 g/mol. The SMILES string of the molecule is CCN(CCNc1ccc(Br)cc1)c1ccc(F)cc1. The van der Waals surface area contributed by atoms with Crippen LogP contribution >= 0.6 is 15.9 Å². The molecule has 1 N–H and O–H groups in total. The molecule has 0 aliphatic rings. The molecule has 0 bridgehead atoms. The van der Waals surface area contributed by atoms with Gasteiger partial charge in [0.05, 0.1) is 0 Å². The molecule has 0 radical (unpaired) electrons. The highest BCUT2D eigenvalue weighted by atomic mass is 79.9. The van der Waals surface area contributed by atoms with Gasteiger partial charge in [0.25, 0.3) is 0 Å². The molecule has 0 fully saturated rings. The van der Waals surface area contributed by atoms with Crippen LogP contribution in [0.3, 0.4) is 0 Å². The van der Waals surface area contributed by atoms with Crippen molar-refractivity contribution in [3.63, 3.8) is 0 Å². The summed E-state index contributed by atoms with van der Waals surface area (Å²) in [6.07, 6.45) is 0. The Kier molecular flexibility index (Phi) is 5.41. The van der Waals surface area contributed by atoms with Crippen molar-refractivity contribution < 1.29 is 4.39 Å². The Bertz CT molecular complexity index is 525. The molecule has 0 aliphatic heterocycles. The normalized spacial score (nSPS) is 10.3. The molecule has 0 saturated heterocycles. The lowest BCUT2D eigenvalue weighted by Gasteiger charge is -2.23. The third-order valence-corrected chi connectivity index (χ3v) is 3.66. The van der Waals surface area contributed by atoms with Crippen molar-refractivity contribution in [1.82, 2.24) is 0 Å². The zero-order chi connectivity index (χ0) is 14.4. The van der Waals surface area contributed by atoms with E-state index in [2.05, 4.69) is 33.1 Å². The van der Waals surface area contributed by atoms with Gasteiger partial charge in [0.1, 0.15) is 5.82 Å². The molecule has 0 atom stereocenters. The summed E-state index contributed by atoms with van der Waals surface area (Å²) in [5.74, 6) is -0.196. The Hall–Kier alpha value is -1.55. The van der Waals surface area contributed by atoms with Crippen molar-refractivity contribution in [3.05, 3.63) is 58.8 Å². The van der Waals surface area contributed by atoms with Gasteiger partial charge in [0, 0.05) is 35.5 Å². The zero-order valence-corrected chi connectivity index (χ0v) is 13.0. The van der Waals surface area contributed by atoms with Crippen molar-refractivity contribution in [3.8, 4) is 0 Å². The number of hydrogen-bond acceptors (Lipinski definition) is 2. The van der Waals surface area contributed by atoms with E-state index in [0.717, 1.165) is 35.5 Å². The maximum atomic E-state index is 12.9. The summed E-state index contributed by atoms with van der Waals surface area (Å²) in [5.41, 5.74) is 2.15. The second-order valence-corrected chi connectivity index (χ2v) is 5.41. The summed E-state index contributed by atoms with van der Waals surface area (Å²) in [6.45, 7) is 4.71. The lowest BCUT2D eigenvalue weighted by molar-refractivity contribution is 0.627. The van der Waals surface area contributed by atoms with E-state index >= 15 is 0 Å². The zero-order valence-electron chi connectivity index (χ0n) is 11.4. The van der Waals surface area contributed by atoms with Crippen LogP contribution in [-0.2, 0) is 0 Å². The Labute approximate surface area is 127 Å². The van der Waals surface area contributed by atoms with E-state index < -0.39 is 0 Å². The fraction of sp³-hybridized carbons (Fsp3) is 0.250. The fourth-order valence-electron chi connectivity index (χ4n) is 2.02. The first-order valence-corrected chi connectivity index (χ1v) is 7.48. The average molecular weight is 337 g/mol. The third kappa shape index (κ3) is 4.23. The first-order valence-electron chi connectivity index (χ1n) is 6.69. The molecule has 106 valence electrons. The number of halogens is 2. The van der Waals surface area contributed by atoms with Crippen LogP contribution < -0.4 is 10.2 Å². The van der Waals surface area contributed by atoms with E-state index in [9.17, 15) is 4.39 Å². The molecule has 0 unspecified atom stereocenters. The Morgan fingerprint density at radius 2 is 1.70 bits per heavy atom. The van der Waals surface area contributed by atoms with Gasteiger partial charge in [-0.15, -0.1) is 0 Å². The predicted molar refractivity (Wildman–Crippen MR) is 86.9 cm³/mol. The number of benzene rings is 2. The van der Waals surface area contributed by atoms with Gasteiger partial charge in [-0.25, -0.2) is 4.39 Å². The second kappa shape index (κ2) is 7.29. The Balaban J connectivity index is 1.87. The standard InChI is InChI=1S/C16H18BrFN2/c1-2-20(16-9-5-14(18)6-10-16)12-11-19-15-7-3-13(17)4-8-15/h3-10,19H,2,11-12H2,1H3. The summed E-state index contributed by atoms with van der Waals surface area (Å²) >= 11 is 3.42. The van der Waals surface area contributed by atoms with Gasteiger partial charge in [-0.2, -0.15) is 0 Å². The first kappa shape index (κ1) is 14.9. The van der Waals surface area contributed by atoms with Crippen LogP contribution in [0.4, 0.5) is 15.8 Å². The van der Waals surface area contributed by atoms with Crippen LogP contribution in [0.5, 0.6) is 0 Å². The number of rotatable bonds is 6. The van der Waals surface area contributed by atoms with E-state index in [1.807, 2.05) is 36.4 Å². The van der Waals surface area contributed by atoms with E-state index in [0.29, 0.717) is 0 Å². The molecule has 0 spiro atoms. The first-order chi connectivity index (χ1) is 9.69. The summed E-state index contributed by atoms with van der Waals surface area (Å²) < 4.78 is 14.0. The molecule has 4 heteroatoms. The van der Waals surface area contributed by atoms with Crippen molar-refractivity contribution >= 4 is 27.3 Å². The molecule has 0 aromatic heterocycles. The lowest BCUT2D eigenvalue weighted by Crippen LogP contribution is -2.28. The van der Waals surface area contributed by atoms with Crippen LogP contribution in [0.2, 0.25) is 0 Å². The number of nitrogens with one attached hydrogen (secondary N) is 1. The third-order valence-electron chi connectivity index (χ3n) is 3.13. The quantitative estimate of drug-likeness (QED) is 0.833. The molecule has 0 saturated carbocycles. The molecule has 0 amide bonds. The smallest absolute Gasteiger partial charge is 0.123 e. The van der Waals surface area contributed by atoms with Gasteiger partial charge in [0.2, 0.25) is 0 Å². The maximum Gasteiger partial charge on any atom is 0.123 e. The molecule has 2 aromatic rings. The van der Waals surface area contributed by atoms with Crippen LogP contribution in [0.25, 0.3) is 0 Å². The lowest BCUT2D eigenvalue weighted by atomic mass is 10.2. The summed E-state index contributed by atoms with van der Waals surface area (Å²) in [5, 5.41) is 3.38. The molecule has 2 rings (SSSR count). The Morgan fingerprint density at radius 1 is 1.05 bits per heavy atom. The van der Waals surface area contributed by atoms with Crippen LogP contribution in [0.15, 0.2) is 53.0 Å². The molecular formula is C16H18BrFN2. The molecule has 2 aromatic carbocycles. The van der Waals surface area contributed by atoms with E-state index in [1.165, 1.54) is 12.1 Å². The number of nitrogens with zero attached hydrogens (tertiary/aromatic N) is 1. The van der Waals surface area contributed by atoms with E-state index in [-0.39, 0.29) is 5.82 Å². The highest BCUT2D eigenvalue weighted by Gasteiger charge is 2.03. The van der Waals surface area contributed by atoms with Crippen molar-refractivity contribution in [1.29, 1.82) is 0 Å². The molecule has 2 nitrogen and oxygen atoms in total. The van der Waals surface area contributed by atoms with Crippen LogP contribution in [0.1, 0.15) is 6.92 Å². The number of anilines is 2. The topological polar surface area (TPSA) is 15.3 Å². The highest BCUT2D eigenvalue weighted by Crippen LogP contribution is 2.16. The minimum Gasteiger partial charge on any atom is -0.383 e. The van der Waals surface area contributed by atoms with Crippen LogP contribution in [-0.4, -0.2) is 19.6 Å². The van der Waals surface area contributed by atoms with Gasteiger partial charge in [-0.1, -0.05) is 15.9 Å². The van der Waals surface area contributed by atoms with Gasteiger partial charge >= 0.3 is 0 Å². The molecule has 0 aliphatic carbocycles. The minimum atomic E-state index is -0.196. The minimum absolute atomic E-state index is 0.196. The van der Waals surface area contributed by atoms with Gasteiger partial charge in [0.15, 0.2) is 0 Å². The summed E-state index contributed by atoms with van der Waals surface area (Å²) in [4.78, 5) is 2.21. The fourth-order valence-corrected chi connectivity index (χ4v) is 2.29. The highest BCUT2D eigenvalue weighted by molar-refractivity contribution is 9.10. The molecular weight excluding hydrogens is 319 g/mol. The van der Waals surface area contributed by atoms with E-state index in [4.69, 9.17) is 0 Å². The maximum absolute atomic E-state index is 12.9. The van der Waals surface area contributed by atoms with Crippen LogP contribution in [0, 0.1) is 5.82 Å². The number of hydrogen-bond donors (Lipinski definition) is 1.